The lowest BCUT2D eigenvalue weighted by molar-refractivity contribution is 0.387. The molecule has 1 N–H and O–H groups in total. The van der Waals surface area contributed by atoms with Crippen molar-refractivity contribution in [2.45, 2.75) is 30.0 Å². The Morgan fingerprint density at radius 3 is 2.80 bits per heavy atom. The molecule has 1 aliphatic heterocycles. The molecular weight excluding hydrogens is 380 g/mol. The standard InChI is InChI=1S/C12H19BrN2O2S3/c1-12(2)8-15(4-5-18-12)20(16,17)10-6-9(7-14-3)19-11(10)13/h6,14H,4-5,7-8H2,1-3H3. The van der Waals surface area contributed by atoms with E-state index in [1.54, 1.807) is 10.4 Å². The summed E-state index contributed by atoms with van der Waals surface area (Å²) in [6, 6.07) is 1.77. The van der Waals surface area contributed by atoms with Crippen LogP contribution in [0.1, 0.15) is 18.7 Å². The first-order valence-corrected chi connectivity index (χ1v) is 10.4. The zero-order valence-electron chi connectivity index (χ0n) is 11.8. The summed E-state index contributed by atoms with van der Waals surface area (Å²) in [5.74, 6) is 0.845. The maximum Gasteiger partial charge on any atom is 0.245 e. The third-order valence-corrected chi connectivity index (χ3v) is 8.46. The van der Waals surface area contributed by atoms with E-state index in [0.717, 1.165) is 10.6 Å². The Hall–Kier alpha value is 0.400. The van der Waals surface area contributed by atoms with Gasteiger partial charge in [0.2, 0.25) is 10.0 Å². The number of hydrogen-bond acceptors (Lipinski definition) is 5. The first-order chi connectivity index (χ1) is 9.26. The van der Waals surface area contributed by atoms with Crippen LogP contribution in [0.2, 0.25) is 0 Å². The predicted octanol–water partition coefficient (Wildman–Crippen LogP) is 2.75. The third-order valence-electron chi connectivity index (χ3n) is 3.07. The summed E-state index contributed by atoms with van der Waals surface area (Å²) in [7, 11) is -1.55. The van der Waals surface area contributed by atoms with E-state index in [1.165, 1.54) is 11.3 Å². The van der Waals surface area contributed by atoms with Crippen LogP contribution in [-0.4, -0.2) is 43.4 Å². The number of nitrogens with zero attached hydrogens (tertiary/aromatic N) is 1. The summed E-state index contributed by atoms with van der Waals surface area (Å²) < 4.78 is 27.9. The van der Waals surface area contributed by atoms with Gasteiger partial charge in [-0.05, 0) is 42.9 Å². The van der Waals surface area contributed by atoms with E-state index in [9.17, 15) is 8.42 Å². The van der Waals surface area contributed by atoms with Gasteiger partial charge >= 0.3 is 0 Å². The van der Waals surface area contributed by atoms with Gasteiger partial charge in [-0.2, -0.15) is 16.1 Å². The van der Waals surface area contributed by atoms with Gasteiger partial charge in [-0.1, -0.05) is 0 Å². The molecule has 114 valence electrons. The molecule has 0 bridgehead atoms. The zero-order chi connectivity index (χ0) is 15.0. The lowest BCUT2D eigenvalue weighted by atomic mass is 10.2. The first kappa shape index (κ1) is 16.8. The largest absolute Gasteiger partial charge is 0.315 e. The molecule has 0 spiro atoms. The Labute approximate surface area is 137 Å². The fraction of sp³-hybridized carbons (Fsp3) is 0.667. The van der Waals surface area contributed by atoms with Gasteiger partial charge in [-0.15, -0.1) is 11.3 Å². The van der Waals surface area contributed by atoms with Crippen LogP contribution in [0.15, 0.2) is 14.7 Å². The highest BCUT2D eigenvalue weighted by Crippen LogP contribution is 2.37. The molecule has 0 unspecified atom stereocenters. The molecule has 1 aromatic heterocycles. The average Bonchev–Trinajstić information content (AvgIpc) is 2.70. The fourth-order valence-electron chi connectivity index (χ4n) is 2.15. The molecule has 0 radical (unpaired) electrons. The van der Waals surface area contributed by atoms with Crippen LogP contribution in [0.5, 0.6) is 0 Å². The number of sulfonamides is 1. The summed E-state index contributed by atoms with van der Waals surface area (Å²) in [4.78, 5) is 1.42. The number of nitrogens with one attached hydrogen (secondary N) is 1. The van der Waals surface area contributed by atoms with E-state index in [4.69, 9.17) is 0 Å². The van der Waals surface area contributed by atoms with Gasteiger partial charge in [0.25, 0.3) is 0 Å². The molecule has 2 heterocycles. The molecular formula is C12H19BrN2O2S3. The molecule has 1 aliphatic rings. The summed E-state index contributed by atoms with van der Waals surface area (Å²) in [6.45, 7) is 6.01. The molecule has 0 aromatic carbocycles. The lowest BCUT2D eigenvalue weighted by Crippen LogP contribution is -2.46. The van der Waals surface area contributed by atoms with Crippen LogP contribution < -0.4 is 5.32 Å². The van der Waals surface area contributed by atoms with Crippen LogP contribution in [0, 0.1) is 0 Å². The van der Waals surface area contributed by atoms with E-state index >= 15 is 0 Å². The van der Waals surface area contributed by atoms with Gasteiger partial charge in [-0.3, -0.25) is 0 Å². The van der Waals surface area contributed by atoms with Gasteiger partial charge in [0.05, 0.1) is 3.79 Å². The Morgan fingerprint density at radius 2 is 2.20 bits per heavy atom. The van der Waals surface area contributed by atoms with E-state index in [2.05, 4.69) is 35.1 Å². The second kappa shape index (κ2) is 6.26. The highest BCUT2D eigenvalue weighted by molar-refractivity contribution is 9.11. The molecule has 0 atom stereocenters. The van der Waals surface area contributed by atoms with Gasteiger partial charge < -0.3 is 5.32 Å². The van der Waals surface area contributed by atoms with Crippen molar-refractivity contribution in [2.24, 2.45) is 0 Å². The number of thiophene rings is 1. The van der Waals surface area contributed by atoms with Gasteiger partial charge in [0.15, 0.2) is 0 Å². The van der Waals surface area contributed by atoms with E-state index < -0.39 is 10.0 Å². The summed E-state index contributed by atoms with van der Waals surface area (Å²) in [6.07, 6.45) is 0. The molecule has 4 nitrogen and oxygen atoms in total. The van der Waals surface area contributed by atoms with Crippen molar-refractivity contribution < 1.29 is 8.42 Å². The first-order valence-electron chi connectivity index (χ1n) is 6.33. The maximum atomic E-state index is 12.8. The maximum absolute atomic E-state index is 12.8. The minimum Gasteiger partial charge on any atom is -0.315 e. The number of rotatable bonds is 4. The van der Waals surface area contributed by atoms with Crippen molar-refractivity contribution in [1.29, 1.82) is 0 Å². The molecule has 0 aliphatic carbocycles. The number of halogens is 1. The number of hydrogen-bond donors (Lipinski definition) is 1. The highest BCUT2D eigenvalue weighted by Gasteiger charge is 2.36. The Bertz CT molecular complexity index is 584. The summed E-state index contributed by atoms with van der Waals surface area (Å²) in [5, 5.41) is 3.05. The van der Waals surface area contributed by atoms with Gasteiger partial charge in [0, 0.05) is 35.0 Å². The van der Waals surface area contributed by atoms with Crippen LogP contribution in [0.25, 0.3) is 0 Å². The number of thioether (sulfide) groups is 1. The molecule has 0 amide bonds. The minimum atomic E-state index is -3.41. The van der Waals surface area contributed by atoms with Crippen molar-refractivity contribution in [3.05, 3.63) is 14.7 Å². The monoisotopic (exact) mass is 398 g/mol. The van der Waals surface area contributed by atoms with Crippen LogP contribution in [0.3, 0.4) is 0 Å². The average molecular weight is 399 g/mol. The summed E-state index contributed by atoms with van der Waals surface area (Å²) >= 11 is 6.70. The molecule has 1 saturated heterocycles. The quantitative estimate of drug-likeness (QED) is 0.846. The molecule has 2 rings (SSSR count). The summed E-state index contributed by atoms with van der Waals surface area (Å²) in [5.41, 5.74) is 0. The molecule has 1 aromatic rings. The fourth-order valence-corrected chi connectivity index (χ4v) is 7.71. The second-order valence-electron chi connectivity index (χ2n) is 5.33. The van der Waals surface area contributed by atoms with E-state index in [0.29, 0.717) is 28.3 Å². The zero-order valence-corrected chi connectivity index (χ0v) is 15.8. The van der Waals surface area contributed by atoms with Crippen molar-refractivity contribution >= 4 is 49.1 Å². The lowest BCUT2D eigenvalue weighted by Gasteiger charge is -2.36. The Morgan fingerprint density at radius 1 is 1.50 bits per heavy atom. The molecule has 8 heteroatoms. The van der Waals surface area contributed by atoms with Crippen LogP contribution in [0.4, 0.5) is 0 Å². The Kier molecular flexibility index (Phi) is 5.24. The highest BCUT2D eigenvalue weighted by atomic mass is 79.9. The minimum absolute atomic E-state index is 0.0262. The van der Waals surface area contributed by atoms with Gasteiger partial charge in [-0.25, -0.2) is 8.42 Å². The molecule has 0 saturated carbocycles. The van der Waals surface area contributed by atoms with E-state index in [1.807, 2.05) is 18.8 Å². The van der Waals surface area contributed by atoms with Crippen molar-refractivity contribution in [3.63, 3.8) is 0 Å². The predicted molar refractivity (Wildman–Crippen MR) is 90.1 cm³/mol. The van der Waals surface area contributed by atoms with Crippen molar-refractivity contribution in [1.82, 2.24) is 9.62 Å². The van der Waals surface area contributed by atoms with Crippen molar-refractivity contribution in [2.75, 3.05) is 25.9 Å². The normalized spacial score (nSPS) is 20.2. The molecule has 20 heavy (non-hydrogen) atoms. The van der Waals surface area contributed by atoms with E-state index in [-0.39, 0.29) is 4.75 Å². The second-order valence-corrected chi connectivity index (χ2v) is 11.5. The van der Waals surface area contributed by atoms with Crippen LogP contribution >= 0.6 is 39.0 Å². The SMILES string of the molecule is CNCc1cc(S(=O)(=O)N2CCSC(C)(C)C2)c(Br)s1. The third kappa shape index (κ3) is 3.59. The smallest absolute Gasteiger partial charge is 0.245 e. The Balaban J connectivity index is 2.30. The van der Waals surface area contributed by atoms with Crippen molar-refractivity contribution in [3.8, 4) is 0 Å². The van der Waals surface area contributed by atoms with Crippen LogP contribution in [-0.2, 0) is 16.6 Å². The topological polar surface area (TPSA) is 49.4 Å². The van der Waals surface area contributed by atoms with Gasteiger partial charge in [0.1, 0.15) is 4.90 Å². The molecule has 1 fully saturated rings.